The largest absolute Gasteiger partial charge is 0.496 e. The molecule has 1 aliphatic heterocycles. The van der Waals surface area contributed by atoms with Crippen molar-refractivity contribution in [3.63, 3.8) is 0 Å². The van der Waals surface area contributed by atoms with Crippen molar-refractivity contribution in [3.05, 3.63) is 65.9 Å². The maximum absolute atomic E-state index is 9.84. The minimum absolute atomic E-state index is 0.0820. The van der Waals surface area contributed by atoms with E-state index < -0.39 is 0 Å². The molecule has 0 amide bonds. The number of hydrogen-bond donors (Lipinski definition) is 2. The smallest absolute Gasteiger partial charge is 0.230 e. The van der Waals surface area contributed by atoms with E-state index >= 15 is 0 Å². The molecule has 7 heteroatoms. The van der Waals surface area contributed by atoms with E-state index in [4.69, 9.17) is 14.7 Å². The first-order valence-corrected chi connectivity index (χ1v) is 11.6. The molecule has 4 aromatic rings. The third-order valence-electron chi connectivity index (χ3n) is 6.62. The van der Waals surface area contributed by atoms with Crippen molar-refractivity contribution in [2.24, 2.45) is 0 Å². The Bertz CT molecular complexity index is 1320. The number of aromatic nitrogens is 3. The van der Waals surface area contributed by atoms with Crippen LogP contribution in [0.1, 0.15) is 24.0 Å². The van der Waals surface area contributed by atoms with Crippen LogP contribution in [0, 0.1) is 13.8 Å². The summed E-state index contributed by atoms with van der Waals surface area (Å²) in [6, 6.07) is 16.2. The molecule has 2 N–H and O–H groups in total. The average molecular weight is 456 g/mol. The van der Waals surface area contributed by atoms with E-state index in [0.29, 0.717) is 11.8 Å². The third kappa shape index (κ3) is 4.15. The van der Waals surface area contributed by atoms with E-state index in [1.165, 1.54) is 5.56 Å². The molecule has 3 heterocycles. The van der Waals surface area contributed by atoms with E-state index in [0.717, 1.165) is 58.5 Å². The van der Waals surface area contributed by atoms with Crippen molar-refractivity contribution >= 4 is 28.5 Å². The standard InChI is InChI=1S/C27H29N5O2/c1-17-13-20(14-24(34-3)18(17)2)19-10-11-25(28-15-19)30-27-29-23-9-5-4-8-22(23)26(31-27)32-12-6-7-21(32)16-33/h4-5,8-11,13-15,21,33H,6-7,12,16H2,1-3H3,(H,28,29,30,31)/t21-/m0/s1. The fraction of sp³-hybridized carbons (Fsp3) is 0.296. The molecule has 0 saturated carbocycles. The Balaban J connectivity index is 1.45. The summed E-state index contributed by atoms with van der Waals surface area (Å²) in [6.07, 6.45) is 3.85. The molecule has 0 bridgehead atoms. The van der Waals surface area contributed by atoms with Gasteiger partial charge >= 0.3 is 0 Å². The van der Waals surface area contributed by atoms with E-state index in [1.807, 2.05) is 48.7 Å². The number of nitrogens with one attached hydrogen (secondary N) is 1. The number of ether oxygens (including phenoxy) is 1. The fourth-order valence-corrected chi connectivity index (χ4v) is 4.60. The summed E-state index contributed by atoms with van der Waals surface area (Å²) in [7, 11) is 1.69. The normalized spacial score (nSPS) is 15.6. The number of rotatable bonds is 6. The Labute approximate surface area is 199 Å². The number of aliphatic hydroxyl groups excluding tert-OH is 1. The molecule has 1 fully saturated rings. The van der Waals surface area contributed by atoms with Gasteiger partial charge in [-0.15, -0.1) is 0 Å². The highest BCUT2D eigenvalue weighted by atomic mass is 16.5. The first-order chi connectivity index (χ1) is 16.6. The van der Waals surface area contributed by atoms with E-state index in [-0.39, 0.29) is 12.6 Å². The first-order valence-electron chi connectivity index (χ1n) is 11.6. The maximum Gasteiger partial charge on any atom is 0.230 e. The van der Waals surface area contributed by atoms with Crippen LogP contribution in [-0.4, -0.2) is 46.4 Å². The third-order valence-corrected chi connectivity index (χ3v) is 6.62. The van der Waals surface area contributed by atoms with Crippen LogP contribution in [0.4, 0.5) is 17.6 Å². The minimum atomic E-state index is 0.0820. The number of fused-ring (bicyclic) bond motifs is 1. The van der Waals surface area contributed by atoms with Gasteiger partial charge in [-0.1, -0.05) is 18.2 Å². The summed E-state index contributed by atoms with van der Waals surface area (Å²) in [5.41, 5.74) is 5.25. The Morgan fingerprint density at radius 2 is 1.94 bits per heavy atom. The van der Waals surface area contributed by atoms with Crippen molar-refractivity contribution in [2.45, 2.75) is 32.7 Å². The molecule has 0 spiro atoms. The summed E-state index contributed by atoms with van der Waals surface area (Å²) in [6.45, 7) is 5.14. The topological polar surface area (TPSA) is 83.4 Å². The van der Waals surface area contributed by atoms with Gasteiger partial charge in [0.15, 0.2) is 0 Å². The lowest BCUT2D eigenvalue weighted by atomic mass is 10.0. The van der Waals surface area contributed by atoms with Gasteiger partial charge in [0, 0.05) is 23.7 Å². The molecule has 1 atom stereocenters. The SMILES string of the molecule is COc1cc(-c2ccc(Nc3nc(N4CCC[C@H]4CO)c4ccccc4n3)nc2)cc(C)c1C. The molecule has 0 radical (unpaired) electrons. The predicted octanol–water partition coefficient (Wildman–Crippen LogP) is 5.02. The molecule has 2 aromatic heterocycles. The van der Waals surface area contributed by atoms with Crippen LogP contribution in [0.15, 0.2) is 54.7 Å². The molecule has 1 aliphatic rings. The number of nitrogens with zero attached hydrogens (tertiary/aromatic N) is 4. The second-order valence-electron chi connectivity index (χ2n) is 8.74. The van der Waals surface area contributed by atoms with Gasteiger partial charge < -0.3 is 20.1 Å². The summed E-state index contributed by atoms with van der Waals surface area (Å²) in [5, 5.41) is 14.1. The monoisotopic (exact) mass is 455 g/mol. The Morgan fingerprint density at radius 1 is 1.09 bits per heavy atom. The maximum atomic E-state index is 9.84. The van der Waals surface area contributed by atoms with Crippen LogP contribution in [0.3, 0.4) is 0 Å². The minimum Gasteiger partial charge on any atom is -0.496 e. The van der Waals surface area contributed by atoms with Gasteiger partial charge in [-0.25, -0.2) is 9.97 Å². The Morgan fingerprint density at radius 3 is 2.71 bits per heavy atom. The van der Waals surface area contributed by atoms with E-state index in [2.05, 4.69) is 35.1 Å². The number of methoxy groups -OCH3 is 1. The number of pyridine rings is 1. The van der Waals surface area contributed by atoms with E-state index in [1.54, 1.807) is 7.11 Å². The molecule has 7 nitrogen and oxygen atoms in total. The quantitative estimate of drug-likeness (QED) is 0.422. The predicted molar refractivity (Wildman–Crippen MR) is 136 cm³/mol. The number of aliphatic hydroxyl groups is 1. The summed E-state index contributed by atoms with van der Waals surface area (Å²) in [4.78, 5) is 16.4. The van der Waals surface area contributed by atoms with Crippen LogP contribution in [0.5, 0.6) is 5.75 Å². The number of anilines is 3. The summed E-state index contributed by atoms with van der Waals surface area (Å²) >= 11 is 0. The Kier molecular flexibility index (Phi) is 6.02. The van der Waals surface area contributed by atoms with Gasteiger partial charge in [0.25, 0.3) is 0 Å². The molecule has 174 valence electrons. The van der Waals surface area contributed by atoms with Crippen molar-refractivity contribution < 1.29 is 9.84 Å². The molecule has 0 unspecified atom stereocenters. The van der Waals surface area contributed by atoms with Crippen LogP contribution in [0.25, 0.3) is 22.0 Å². The highest BCUT2D eigenvalue weighted by Gasteiger charge is 2.27. The molecular formula is C27H29N5O2. The first kappa shape index (κ1) is 22.1. The summed E-state index contributed by atoms with van der Waals surface area (Å²) < 4.78 is 5.53. The molecular weight excluding hydrogens is 426 g/mol. The van der Waals surface area contributed by atoms with Crippen LogP contribution < -0.4 is 15.0 Å². The van der Waals surface area contributed by atoms with Gasteiger partial charge in [0.2, 0.25) is 5.95 Å². The lowest BCUT2D eigenvalue weighted by molar-refractivity contribution is 0.266. The molecule has 1 saturated heterocycles. The van der Waals surface area contributed by atoms with Crippen LogP contribution in [-0.2, 0) is 0 Å². The second-order valence-corrected chi connectivity index (χ2v) is 8.74. The number of para-hydroxylation sites is 1. The zero-order valence-corrected chi connectivity index (χ0v) is 19.7. The zero-order chi connectivity index (χ0) is 23.7. The lowest BCUT2D eigenvalue weighted by Crippen LogP contribution is -2.33. The highest BCUT2D eigenvalue weighted by Crippen LogP contribution is 2.32. The van der Waals surface area contributed by atoms with Crippen LogP contribution >= 0.6 is 0 Å². The second kappa shape index (κ2) is 9.27. The average Bonchev–Trinajstić information content (AvgIpc) is 3.34. The van der Waals surface area contributed by atoms with Gasteiger partial charge in [-0.2, -0.15) is 4.98 Å². The van der Waals surface area contributed by atoms with E-state index in [9.17, 15) is 5.11 Å². The van der Waals surface area contributed by atoms with Crippen molar-refractivity contribution in [1.29, 1.82) is 0 Å². The Hall–Kier alpha value is -3.71. The fourth-order valence-electron chi connectivity index (χ4n) is 4.60. The molecule has 0 aliphatic carbocycles. The van der Waals surface area contributed by atoms with Gasteiger partial charge in [-0.3, -0.25) is 0 Å². The lowest BCUT2D eigenvalue weighted by Gasteiger charge is -2.25. The van der Waals surface area contributed by atoms with Gasteiger partial charge in [-0.05, 0) is 73.7 Å². The van der Waals surface area contributed by atoms with Gasteiger partial charge in [0.05, 0.1) is 25.3 Å². The number of hydrogen-bond acceptors (Lipinski definition) is 7. The number of benzene rings is 2. The van der Waals surface area contributed by atoms with Crippen molar-refractivity contribution in [3.8, 4) is 16.9 Å². The summed E-state index contributed by atoms with van der Waals surface area (Å²) in [5.74, 6) is 2.88. The highest BCUT2D eigenvalue weighted by molar-refractivity contribution is 5.91. The van der Waals surface area contributed by atoms with Crippen molar-refractivity contribution in [2.75, 3.05) is 30.5 Å². The zero-order valence-electron chi connectivity index (χ0n) is 19.7. The molecule has 34 heavy (non-hydrogen) atoms. The van der Waals surface area contributed by atoms with Gasteiger partial charge in [0.1, 0.15) is 17.4 Å². The van der Waals surface area contributed by atoms with Crippen LogP contribution in [0.2, 0.25) is 0 Å². The molecule has 2 aromatic carbocycles. The molecule has 5 rings (SSSR count). The van der Waals surface area contributed by atoms with Crippen molar-refractivity contribution in [1.82, 2.24) is 15.0 Å². The number of aryl methyl sites for hydroxylation is 1.